The molecule has 0 heterocycles. The van der Waals surface area contributed by atoms with Crippen LogP contribution in [0.2, 0.25) is 0 Å². The van der Waals surface area contributed by atoms with Crippen molar-refractivity contribution < 1.29 is 4.48 Å². The van der Waals surface area contributed by atoms with Crippen LogP contribution in [0.25, 0.3) is 0 Å². The Morgan fingerprint density at radius 3 is 2.13 bits per heavy atom. The highest BCUT2D eigenvalue weighted by atomic mass is 15.3. The second-order valence-corrected chi connectivity index (χ2v) is 5.06. The van der Waals surface area contributed by atoms with E-state index in [4.69, 9.17) is 5.26 Å². The third kappa shape index (κ3) is 9.75. The van der Waals surface area contributed by atoms with E-state index in [1.165, 1.54) is 45.1 Å². The molecule has 0 amide bonds. The molecule has 0 unspecified atom stereocenters. The van der Waals surface area contributed by atoms with Crippen molar-refractivity contribution >= 4 is 0 Å². The van der Waals surface area contributed by atoms with E-state index >= 15 is 0 Å². The molecule has 0 radical (unpaired) electrons. The summed E-state index contributed by atoms with van der Waals surface area (Å²) in [6.07, 6.45) is 8.82. The molecule has 0 aliphatic rings. The second-order valence-electron chi connectivity index (χ2n) is 5.06. The molecule has 0 aromatic carbocycles. The molecule has 88 valence electrons. The summed E-state index contributed by atoms with van der Waals surface area (Å²) in [7, 11) is 4.45. The van der Waals surface area contributed by atoms with Gasteiger partial charge in [-0.1, -0.05) is 32.6 Å². The first-order valence-corrected chi connectivity index (χ1v) is 6.31. The summed E-state index contributed by atoms with van der Waals surface area (Å²) >= 11 is 0. The number of nitriles is 1. The lowest BCUT2D eigenvalue weighted by molar-refractivity contribution is -0.890. The van der Waals surface area contributed by atoms with Gasteiger partial charge in [0.1, 0.15) is 0 Å². The van der Waals surface area contributed by atoms with Gasteiger partial charge in [0.05, 0.1) is 39.7 Å². The predicted molar refractivity (Wildman–Crippen MR) is 65.4 cm³/mol. The number of unbranched alkanes of at least 4 members (excludes halogenated alkanes) is 5. The van der Waals surface area contributed by atoms with E-state index in [9.17, 15) is 0 Å². The number of hydrogen-bond acceptors (Lipinski definition) is 1. The highest BCUT2D eigenvalue weighted by Gasteiger charge is 2.12. The average molecular weight is 211 g/mol. The Kier molecular flexibility index (Phi) is 8.41. The predicted octanol–water partition coefficient (Wildman–Crippen LogP) is 3.34. The first-order chi connectivity index (χ1) is 7.12. The standard InChI is InChI=1S/C13H27N2/c1-4-5-6-7-8-9-12-15(2,3)13-10-11-14/h4-10,12-13H2,1-3H3/q+1. The molecule has 0 N–H and O–H groups in total. The van der Waals surface area contributed by atoms with Gasteiger partial charge >= 0.3 is 0 Å². The van der Waals surface area contributed by atoms with Crippen LogP contribution in [0.1, 0.15) is 51.9 Å². The zero-order valence-corrected chi connectivity index (χ0v) is 10.8. The zero-order chi connectivity index (χ0) is 11.6. The van der Waals surface area contributed by atoms with Gasteiger partial charge in [0.25, 0.3) is 0 Å². The molecule has 2 heteroatoms. The molecule has 0 rings (SSSR count). The number of hydrogen-bond donors (Lipinski definition) is 0. The van der Waals surface area contributed by atoms with Gasteiger partial charge in [0, 0.05) is 0 Å². The third-order valence-corrected chi connectivity index (χ3v) is 2.95. The molecule has 0 aliphatic carbocycles. The topological polar surface area (TPSA) is 23.8 Å². The van der Waals surface area contributed by atoms with Crippen molar-refractivity contribution in [1.29, 1.82) is 5.26 Å². The van der Waals surface area contributed by atoms with E-state index < -0.39 is 0 Å². The van der Waals surface area contributed by atoms with Crippen LogP contribution >= 0.6 is 0 Å². The van der Waals surface area contributed by atoms with Crippen LogP contribution in [0.4, 0.5) is 0 Å². The van der Waals surface area contributed by atoms with Gasteiger partial charge in [-0.3, -0.25) is 0 Å². The van der Waals surface area contributed by atoms with Crippen molar-refractivity contribution in [3.05, 3.63) is 0 Å². The van der Waals surface area contributed by atoms with E-state index in [1.807, 2.05) is 0 Å². The molecule has 0 saturated heterocycles. The Morgan fingerprint density at radius 2 is 1.53 bits per heavy atom. The van der Waals surface area contributed by atoms with Crippen LogP contribution < -0.4 is 0 Å². The fraction of sp³-hybridized carbons (Fsp3) is 0.923. The van der Waals surface area contributed by atoms with Crippen molar-refractivity contribution in [2.24, 2.45) is 0 Å². The van der Waals surface area contributed by atoms with Crippen LogP contribution in [-0.2, 0) is 0 Å². The van der Waals surface area contributed by atoms with Crippen molar-refractivity contribution in [2.45, 2.75) is 51.9 Å². The van der Waals surface area contributed by atoms with Gasteiger partial charge in [-0.2, -0.15) is 5.26 Å². The van der Waals surface area contributed by atoms with Gasteiger partial charge in [0.15, 0.2) is 0 Å². The Labute approximate surface area is 95.5 Å². The Morgan fingerprint density at radius 1 is 0.933 bits per heavy atom. The number of nitrogens with zero attached hydrogens (tertiary/aromatic N) is 2. The Balaban J connectivity index is 3.36. The summed E-state index contributed by atoms with van der Waals surface area (Å²) in [4.78, 5) is 0. The lowest BCUT2D eigenvalue weighted by Crippen LogP contribution is -2.41. The highest BCUT2D eigenvalue weighted by Crippen LogP contribution is 2.08. The molecule has 0 aliphatic heterocycles. The van der Waals surface area contributed by atoms with Crippen LogP contribution in [0, 0.1) is 11.3 Å². The molecule has 0 aromatic rings. The van der Waals surface area contributed by atoms with Crippen molar-refractivity contribution in [3.63, 3.8) is 0 Å². The van der Waals surface area contributed by atoms with Gasteiger partial charge < -0.3 is 4.48 Å². The molecule has 0 spiro atoms. The molecule has 2 nitrogen and oxygen atoms in total. The van der Waals surface area contributed by atoms with Gasteiger partial charge in [-0.05, 0) is 12.8 Å². The smallest absolute Gasteiger partial charge is 0.0914 e. The minimum absolute atomic E-state index is 0.683. The molecule has 0 bridgehead atoms. The monoisotopic (exact) mass is 211 g/mol. The molecule has 15 heavy (non-hydrogen) atoms. The fourth-order valence-electron chi connectivity index (χ4n) is 1.78. The minimum atomic E-state index is 0.683. The maximum Gasteiger partial charge on any atom is 0.0914 e. The first-order valence-electron chi connectivity index (χ1n) is 6.31. The molecule has 0 fully saturated rings. The molecular weight excluding hydrogens is 184 g/mol. The van der Waals surface area contributed by atoms with Crippen LogP contribution in [0.3, 0.4) is 0 Å². The van der Waals surface area contributed by atoms with Crippen molar-refractivity contribution in [3.8, 4) is 6.07 Å². The molecule has 0 saturated carbocycles. The lowest BCUT2D eigenvalue weighted by atomic mass is 10.1. The maximum atomic E-state index is 8.54. The van der Waals surface area contributed by atoms with E-state index in [-0.39, 0.29) is 0 Å². The summed E-state index contributed by atoms with van der Waals surface area (Å²) in [5.41, 5.74) is 0. The van der Waals surface area contributed by atoms with Crippen LogP contribution in [0.5, 0.6) is 0 Å². The molecule has 0 aromatic heterocycles. The average Bonchev–Trinajstić information content (AvgIpc) is 2.20. The summed E-state index contributed by atoms with van der Waals surface area (Å²) < 4.78 is 1.00. The lowest BCUT2D eigenvalue weighted by Gasteiger charge is -2.28. The normalized spacial score (nSPS) is 11.3. The van der Waals surface area contributed by atoms with E-state index in [0.717, 1.165) is 11.0 Å². The first kappa shape index (κ1) is 14.5. The van der Waals surface area contributed by atoms with Crippen LogP contribution in [0.15, 0.2) is 0 Å². The minimum Gasteiger partial charge on any atom is -0.328 e. The van der Waals surface area contributed by atoms with Crippen LogP contribution in [-0.4, -0.2) is 31.7 Å². The number of quaternary nitrogens is 1. The quantitative estimate of drug-likeness (QED) is 0.424. The van der Waals surface area contributed by atoms with Gasteiger partial charge in [-0.25, -0.2) is 0 Å². The SMILES string of the molecule is CCCCCCCC[N+](C)(C)CCC#N. The summed E-state index contributed by atoms with van der Waals surface area (Å²) in [6, 6.07) is 2.23. The van der Waals surface area contributed by atoms with E-state index in [0.29, 0.717) is 6.42 Å². The van der Waals surface area contributed by atoms with E-state index in [1.54, 1.807) is 0 Å². The Bertz CT molecular complexity index is 179. The second kappa shape index (κ2) is 8.73. The molecular formula is C13H27N2+. The van der Waals surface area contributed by atoms with Gasteiger partial charge in [-0.15, -0.1) is 0 Å². The molecule has 0 atom stereocenters. The Hall–Kier alpha value is -0.550. The fourth-order valence-corrected chi connectivity index (χ4v) is 1.78. The zero-order valence-electron chi connectivity index (χ0n) is 10.8. The third-order valence-electron chi connectivity index (χ3n) is 2.95. The maximum absolute atomic E-state index is 8.54. The van der Waals surface area contributed by atoms with Gasteiger partial charge in [0.2, 0.25) is 0 Å². The summed E-state index contributed by atoms with van der Waals surface area (Å²) in [5.74, 6) is 0. The van der Waals surface area contributed by atoms with Crippen molar-refractivity contribution in [1.82, 2.24) is 0 Å². The van der Waals surface area contributed by atoms with E-state index in [2.05, 4.69) is 27.1 Å². The largest absolute Gasteiger partial charge is 0.328 e. The summed E-state index contributed by atoms with van der Waals surface area (Å²) in [5, 5.41) is 8.54. The van der Waals surface area contributed by atoms with Crippen molar-refractivity contribution in [2.75, 3.05) is 27.2 Å². The highest BCUT2D eigenvalue weighted by molar-refractivity contribution is 4.67. The number of rotatable bonds is 9. The summed E-state index contributed by atoms with van der Waals surface area (Å²) in [6.45, 7) is 4.46.